The van der Waals surface area contributed by atoms with Crippen molar-refractivity contribution in [3.05, 3.63) is 52.4 Å². The van der Waals surface area contributed by atoms with Crippen LogP contribution in [0.5, 0.6) is 0 Å². The molecule has 1 aliphatic heterocycles. The van der Waals surface area contributed by atoms with Gasteiger partial charge in [0.25, 0.3) is 5.91 Å². The molecule has 4 amide bonds. The van der Waals surface area contributed by atoms with Gasteiger partial charge in [0.1, 0.15) is 23.2 Å². The lowest BCUT2D eigenvalue weighted by atomic mass is 9.78. The number of hydrogen-bond acceptors (Lipinski definition) is 5. The van der Waals surface area contributed by atoms with Gasteiger partial charge in [-0.15, -0.1) is 11.3 Å². The first kappa shape index (κ1) is 17.2. The molecule has 1 fully saturated rings. The van der Waals surface area contributed by atoms with E-state index in [-0.39, 0.29) is 12.5 Å². The summed E-state index contributed by atoms with van der Waals surface area (Å²) in [5, 5.41) is 16.5. The zero-order valence-electron chi connectivity index (χ0n) is 14.3. The molecule has 0 radical (unpaired) electrons. The third-order valence-corrected chi connectivity index (χ3v) is 5.85. The van der Waals surface area contributed by atoms with E-state index >= 15 is 0 Å². The van der Waals surface area contributed by atoms with Crippen molar-refractivity contribution in [1.82, 2.24) is 10.2 Å². The molecule has 1 aromatic heterocycles. The molecule has 1 aromatic carbocycles. The maximum absolute atomic E-state index is 13.0. The largest absolute Gasteiger partial charge is 0.325 e. The Bertz CT molecular complexity index is 993. The van der Waals surface area contributed by atoms with Crippen LogP contribution in [0.1, 0.15) is 23.1 Å². The third-order valence-electron chi connectivity index (χ3n) is 5.02. The van der Waals surface area contributed by atoms with Crippen molar-refractivity contribution >= 4 is 34.2 Å². The molecule has 1 aliphatic carbocycles. The van der Waals surface area contributed by atoms with Crippen LogP contribution in [0.15, 0.2) is 35.7 Å². The monoisotopic (exact) mass is 380 g/mol. The highest BCUT2D eigenvalue weighted by Gasteiger charge is 2.52. The maximum atomic E-state index is 13.0. The summed E-state index contributed by atoms with van der Waals surface area (Å²) < 4.78 is 0. The molecule has 2 heterocycles. The Kier molecular flexibility index (Phi) is 4.16. The summed E-state index contributed by atoms with van der Waals surface area (Å²) >= 11 is 1.22. The highest BCUT2D eigenvalue weighted by Crippen LogP contribution is 2.33. The molecule has 1 spiro atoms. The second kappa shape index (κ2) is 6.52. The van der Waals surface area contributed by atoms with Crippen molar-refractivity contribution in [2.75, 3.05) is 11.9 Å². The first-order valence-corrected chi connectivity index (χ1v) is 9.39. The topological polar surface area (TPSA) is 102 Å². The molecular formula is C19H16N4O3S. The van der Waals surface area contributed by atoms with Gasteiger partial charge in [-0.2, -0.15) is 5.26 Å². The fraction of sp³-hybridized carbons (Fsp3) is 0.263. The number of carbonyl (C=O) groups excluding carboxylic acids is 3. The molecule has 2 N–H and O–H groups in total. The Morgan fingerprint density at radius 2 is 2.07 bits per heavy atom. The van der Waals surface area contributed by atoms with E-state index < -0.39 is 17.5 Å². The number of nitrogens with zero attached hydrogens (tertiary/aromatic N) is 2. The average molecular weight is 380 g/mol. The van der Waals surface area contributed by atoms with Gasteiger partial charge in [-0.3, -0.25) is 14.5 Å². The van der Waals surface area contributed by atoms with Crippen LogP contribution in [-0.4, -0.2) is 34.8 Å². The van der Waals surface area contributed by atoms with Gasteiger partial charge >= 0.3 is 6.03 Å². The second-order valence-corrected chi connectivity index (χ2v) is 7.59. The summed E-state index contributed by atoms with van der Waals surface area (Å²) in [6.07, 6.45) is 1.63. The fourth-order valence-electron chi connectivity index (χ4n) is 3.65. The molecule has 1 saturated heterocycles. The molecule has 1 unspecified atom stereocenters. The van der Waals surface area contributed by atoms with E-state index in [1.54, 1.807) is 11.4 Å². The van der Waals surface area contributed by atoms with Crippen LogP contribution < -0.4 is 10.6 Å². The number of nitriles is 1. The van der Waals surface area contributed by atoms with Gasteiger partial charge in [0, 0.05) is 6.42 Å². The number of amides is 4. The van der Waals surface area contributed by atoms with E-state index in [9.17, 15) is 14.4 Å². The summed E-state index contributed by atoms with van der Waals surface area (Å²) in [4.78, 5) is 38.6. The van der Waals surface area contributed by atoms with Crippen molar-refractivity contribution in [3.8, 4) is 6.07 Å². The Balaban J connectivity index is 1.49. The predicted octanol–water partition coefficient (Wildman–Crippen LogP) is 2.04. The van der Waals surface area contributed by atoms with Crippen LogP contribution in [0, 0.1) is 11.3 Å². The molecule has 2 aromatic rings. The number of nitrogens with one attached hydrogen (secondary N) is 2. The third kappa shape index (κ3) is 2.96. The maximum Gasteiger partial charge on any atom is 0.325 e. The minimum atomic E-state index is -0.980. The predicted molar refractivity (Wildman–Crippen MR) is 99.1 cm³/mol. The number of benzene rings is 1. The van der Waals surface area contributed by atoms with Crippen molar-refractivity contribution in [1.29, 1.82) is 5.26 Å². The van der Waals surface area contributed by atoms with E-state index in [4.69, 9.17) is 5.26 Å². The Hall–Kier alpha value is -3.18. The van der Waals surface area contributed by atoms with Gasteiger partial charge in [-0.05, 0) is 35.4 Å². The van der Waals surface area contributed by atoms with Gasteiger partial charge < -0.3 is 10.6 Å². The first-order valence-electron chi connectivity index (χ1n) is 8.51. The van der Waals surface area contributed by atoms with Crippen molar-refractivity contribution in [2.24, 2.45) is 0 Å². The first-order chi connectivity index (χ1) is 13.0. The van der Waals surface area contributed by atoms with Gasteiger partial charge in [-0.25, -0.2) is 4.79 Å². The van der Waals surface area contributed by atoms with Crippen LogP contribution in [-0.2, 0) is 22.4 Å². The molecule has 27 heavy (non-hydrogen) atoms. The van der Waals surface area contributed by atoms with Crippen LogP contribution in [0.4, 0.5) is 9.80 Å². The molecular weight excluding hydrogens is 364 g/mol. The van der Waals surface area contributed by atoms with Crippen LogP contribution in [0.2, 0.25) is 0 Å². The zero-order valence-corrected chi connectivity index (χ0v) is 15.1. The van der Waals surface area contributed by atoms with Crippen molar-refractivity contribution in [3.63, 3.8) is 0 Å². The normalized spacial score (nSPS) is 20.9. The number of urea groups is 1. The summed E-state index contributed by atoms with van der Waals surface area (Å²) in [5.74, 6) is -0.880. The summed E-state index contributed by atoms with van der Waals surface area (Å²) in [6.45, 7) is -0.378. The number of rotatable bonds is 3. The number of imide groups is 1. The Labute approximate surface area is 159 Å². The Morgan fingerprint density at radius 3 is 2.85 bits per heavy atom. The summed E-state index contributed by atoms with van der Waals surface area (Å²) in [5.41, 5.74) is 1.60. The highest BCUT2D eigenvalue weighted by molar-refractivity contribution is 7.14. The number of thiophene rings is 1. The van der Waals surface area contributed by atoms with Gasteiger partial charge in [0.15, 0.2) is 0 Å². The molecule has 136 valence electrons. The standard InChI is InChI=1S/C19H16N4O3S/c20-10-14-6-8-27-16(14)21-15(24)11-23-17(25)19(22-18(23)26)7-5-12-3-1-2-4-13(12)9-19/h1-4,6,8H,5,7,9,11H2,(H,21,24)(H,22,26). The molecule has 0 bridgehead atoms. The van der Waals surface area contributed by atoms with Crippen LogP contribution >= 0.6 is 11.3 Å². The van der Waals surface area contributed by atoms with Crippen LogP contribution in [0.3, 0.4) is 0 Å². The van der Waals surface area contributed by atoms with Gasteiger partial charge in [-0.1, -0.05) is 24.3 Å². The van der Waals surface area contributed by atoms with E-state index in [0.717, 1.165) is 10.5 Å². The minimum absolute atomic E-state index is 0.353. The van der Waals surface area contributed by atoms with E-state index in [1.165, 1.54) is 16.9 Å². The number of hydrogen-bond donors (Lipinski definition) is 2. The van der Waals surface area contributed by atoms with E-state index in [1.807, 2.05) is 30.3 Å². The van der Waals surface area contributed by atoms with Crippen LogP contribution in [0.25, 0.3) is 0 Å². The lowest BCUT2D eigenvalue weighted by molar-refractivity contribution is -0.134. The van der Waals surface area contributed by atoms with E-state index in [2.05, 4.69) is 10.6 Å². The lowest BCUT2D eigenvalue weighted by Gasteiger charge is -2.32. The van der Waals surface area contributed by atoms with Gasteiger partial charge in [0.05, 0.1) is 5.56 Å². The van der Waals surface area contributed by atoms with Crippen molar-refractivity contribution in [2.45, 2.75) is 24.8 Å². The fourth-order valence-corrected chi connectivity index (χ4v) is 4.40. The highest BCUT2D eigenvalue weighted by atomic mass is 32.1. The molecule has 4 rings (SSSR count). The molecule has 8 heteroatoms. The number of fused-ring (bicyclic) bond motifs is 1. The quantitative estimate of drug-likeness (QED) is 0.796. The SMILES string of the molecule is N#Cc1ccsc1NC(=O)CN1C(=O)NC2(CCc3ccccc3C2)C1=O. The Morgan fingerprint density at radius 1 is 1.30 bits per heavy atom. The average Bonchev–Trinajstić information content (AvgIpc) is 3.20. The summed E-state index contributed by atoms with van der Waals surface area (Å²) in [6, 6.07) is 10.9. The second-order valence-electron chi connectivity index (χ2n) is 6.67. The zero-order chi connectivity index (χ0) is 19.0. The molecule has 1 atom stereocenters. The number of anilines is 1. The summed E-state index contributed by atoms with van der Waals surface area (Å²) in [7, 11) is 0. The van der Waals surface area contributed by atoms with Crippen molar-refractivity contribution < 1.29 is 14.4 Å². The molecule has 2 aliphatic rings. The lowest BCUT2D eigenvalue weighted by Crippen LogP contribution is -2.51. The molecule has 0 saturated carbocycles. The number of carbonyl (C=O) groups is 3. The van der Waals surface area contributed by atoms with E-state index in [0.29, 0.717) is 29.8 Å². The number of aryl methyl sites for hydroxylation is 1. The minimum Gasteiger partial charge on any atom is -0.323 e. The smallest absolute Gasteiger partial charge is 0.323 e. The van der Waals surface area contributed by atoms with Gasteiger partial charge in [0.2, 0.25) is 5.91 Å². The molecule has 7 nitrogen and oxygen atoms in total.